The summed E-state index contributed by atoms with van der Waals surface area (Å²) in [6.45, 7) is 2.08. The maximum Gasteiger partial charge on any atom is 0.131 e. The molecule has 0 N–H and O–H groups in total. The monoisotopic (exact) mass is 452 g/mol. The average molecular weight is 453 g/mol. The first-order chi connectivity index (χ1) is 16.2. The van der Waals surface area contributed by atoms with Crippen molar-refractivity contribution in [3.63, 3.8) is 0 Å². The Bertz CT molecular complexity index is 840. The number of benzene rings is 2. The Morgan fingerprint density at radius 1 is 0.697 bits per heavy atom. The summed E-state index contributed by atoms with van der Waals surface area (Å²) in [5, 5.41) is 0. The quantitative estimate of drug-likeness (QED) is 0.355. The molecule has 0 amide bonds. The molecule has 4 rings (SSSR count). The highest BCUT2D eigenvalue weighted by Crippen LogP contribution is 2.40. The molecular weight excluding hydrogens is 410 g/mol. The average Bonchev–Trinajstić information content (AvgIpc) is 2.87. The van der Waals surface area contributed by atoms with Crippen molar-refractivity contribution in [3.05, 3.63) is 59.4 Å². The molecule has 0 aromatic heterocycles. The molecule has 0 aliphatic heterocycles. The van der Waals surface area contributed by atoms with Gasteiger partial charge >= 0.3 is 0 Å². The molecule has 0 spiro atoms. The topological polar surface area (TPSA) is 0 Å². The van der Waals surface area contributed by atoms with E-state index in [4.69, 9.17) is 0 Å². The van der Waals surface area contributed by atoms with E-state index in [-0.39, 0.29) is 12.5 Å². The van der Waals surface area contributed by atoms with E-state index >= 15 is 4.39 Å². The summed E-state index contributed by atoms with van der Waals surface area (Å²) in [4.78, 5) is 0. The molecule has 0 unspecified atom stereocenters. The molecule has 0 saturated heterocycles. The second kappa shape index (κ2) is 12.1. The zero-order valence-electron chi connectivity index (χ0n) is 20.5. The summed E-state index contributed by atoms with van der Waals surface area (Å²) in [7, 11) is 0. The summed E-state index contributed by atoms with van der Waals surface area (Å²) in [5.74, 6) is 2.61. The van der Waals surface area contributed by atoms with Gasteiger partial charge in [0.25, 0.3) is 0 Å². The molecule has 0 radical (unpaired) electrons. The van der Waals surface area contributed by atoms with Crippen LogP contribution in [0.2, 0.25) is 0 Å². The van der Waals surface area contributed by atoms with Gasteiger partial charge in [-0.3, -0.25) is 4.39 Å². The number of alkyl halides is 1. The second-order valence-electron chi connectivity index (χ2n) is 10.8. The first kappa shape index (κ1) is 24.4. The maximum absolute atomic E-state index is 15.1. The van der Waals surface area contributed by atoms with Crippen molar-refractivity contribution in [1.82, 2.24) is 0 Å². The number of hydrogen-bond donors (Lipinski definition) is 0. The SMILES string of the molecule is CCCC[C@H]1CC[C@H](c2ccc(-c3ccc([C@H]4CC[C@H](CCCF)CC4)cc3F)cc2)CC1. The fraction of sp³-hybridized carbons (Fsp3) is 0.613. The minimum absolute atomic E-state index is 0.101. The summed E-state index contributed by atoms with van der Waals surface area (Å²) in [6, 6.07) is 14.6. The highest BCUT2D eigenvalue weighted by molar-refractivity contribution is 5.65. The van der Waals surface area contributed by atoms with Crippen LogP contribution in [0.5, 0.6) is 0 Å². The van der Waals surface area contributed by atoms with Crippen LogP contribution in [0, 0.1) is 17.7 Å². The lowest BCUT2D eigenvalue weighted by atomic mass is 9.76. The molecule has 0 nitrogen and oxygen atoms in total. The molecule has 2 saturated carbocycles. The van der Waals surface area contributed by atoms with Gasteiger partial charge in [-0.25, -0.2) is 4.39 Å². The normalized spacial score (nSPS) is 25.8. The van der Waals surface area contributed by atoms with Crippen molar-refractivity contribution in [2.24, 2.45) is 11.8 Å². The predicted molar refractivity (Wildman–Crippen MR) is 136 cm³/mol. The Labute approximate surface area is 200 Å². The first-order valence-corrected chi connectivity index (χ1v) is 13.6. The second-order valence-corrected chi connectivity index (χ2v) is 10.8. The van der Waals surface area contributed by atoms with E-state index in [1.54, 1.807) is 6.07 Å². The summed E-state index contributed by atoms with van der Waals surface area (Å²) >= 11 is 0. The van der Waals surface area contributed by atoms with Gasteiger partial charge in [0.05, 0.1) is 6.67 Å². The zero-order chi connectivity index (χ0) is 23.0. The predicted octanol–water partition coefficient (Wildman–Crippen LogP) is 9.98. The van der Waals surface area contributed by atoms with Crippen molar-refractivity contribution in [1.29, 1.82) is 0 Å². The summed E-state index contributed by atoms with van der Waals surface area (Å²) < 4.78 is 27.5. The highest BCUT2D eigenvalue weighted by Gasteiger charge is 2.24. The van der Waals surface area contributed by atoms with Gasteiger partial charge < -0.3 is 0 Å². The highest BCUT2D eigenvalue weighted by atomic mass is 19.1. The third-order valence-electron chi connectivity index (χ3n) is 8.56. The largest absolute Gasteiger partial charge is 0.251 e. The van der Waals surface area contributed by atoms with Crippen molar-refractivity contribution < 1.29 is 8.78 Å². The van der Waals surface area contributed by atoms with Crippen LogP contribution in [-0.4, -0.2) is 6.67 Å². The fourth-order valence-electron chi connectivity index (χ4n) is 6.38. The molecule has 2 heteroatoms. The third-order valence-corrected chi connectivity index (χ3v) is 8.56. The minimum atomic E-state index is -0.201. The van der Waals surface area contributed by atoms with Gasteiger partial charge in [-0.1, -0.05) is 62.6 Å². The Morgan fingerprint density at radius 3 is 1.79 bits per heavy atom. The molecule has 33 heavy (non-hydrogen) atoms. The van der Waals surface area contributed by atoms with E-state index in [0.29, 0.717) is 29.7 Å². The molecule has 2 aromatic rings. The van der Waals surface area contributed by atoms with Gasteiger partial charge in [-0.15, -0.1) is 0 Å². The number of halogens is 2. The van der Waals surface area contributed by atoms with Gasteiger partial charge in [0.15, 0.2) is 0 Å². The fourth-order valence-corrected chi connectivity index (χ4v) is 6.38. The smallest absolute Gasteiger partial charge is 0.131 e. The molecule has 0 bridgehead atoms. The van der Waals surface area contributed by atoms with Gasteiger partial charge in [-0.2, -0.15) is 0 Å². The molecule has 2 aliphatic carbocycles. The Hall–Kier alpha value is -1.70. The number of hydrogen-bond acceptors (Lipinski definition) is 0. The van der Waals surface area contributed by atoms with Crippen LogP contribution in [-0.2, 0) is 0 Å². The van der Waals surface area contributed by atoms with Crippen molar-refractivity contribution in [3.8, 4) is 11.1 Å². The Kier molecular flexibility index (Phi) is 8.98. The van der Waals surface area contributed by atoms with E-state index in [2.05, 4.69) is 37.3 Å². The molecule has 0 heterocycles. The lowest BCUT2D eigenvalue weighted by molar-refractivity contribution is 0.293. The van der Waals surface area contributed by atoms with Crippen LogP contribution in [0.4, 0.5) is 8.78 Å². The van der Waals surface area contributed by atoms with E-state index in [1.807, 2.05) is 6.07 Å². The van der Waals surface area contributed by atoms with Crippen LogP contribution in [0.1, 0.15) is 113 Å². The summed E-state index contributed by atoms with van der Waals surface area (Å²) in [5.41, 5.74) is 4.26. The van der Waals surface area contributed by atoms with Crippen LogP contribution < -0.4 is 0 Å². The molecule has 0 atom stereocenters. The van der Waals surface area contributed by atoms with Crippen molar-refractivity contribution in [2.45, 2.75) is 102 Å². The van der Waals surface area contributed by atoms with Gasteiger partial charge in [0, 0.05) is 5.56 Å². The molecule has 2 fully saturated rings. The first-order valence-electron chi connectivity index (χ1n) is 13.6. The number of rotatable bonds is 9. The Morgan fingerprint density at radius 2 is 1.24 bits per heavy atom. The van der Waals surface area contributed by atoms with Crippen molar-refractivity contribution >= 4 is 0 Å². The van der Waals surface area contributed by atoms with Crippen LogP contribution in [0.25, 0.3) is 11.1 Å². The van der Waals surface area contributed by atoms with E-state index in [9.17, 15) is 4.39 Å². The minimum Gasteiger partial charge on any atom is -0.251 e. The van der Waals surface area contributed by atoms with Crippen LogP contribution in [0.3, 0.4) is 0 Å². The molecule has 2 aromatic carbocycles. The maximum atomic E-state index is 15.1. The lowest BCUT2D eigenvalue weighted by Crippen LogP contribution is -2.14. The molecule has 2 aliphatic rings. The van der Waals surface area contributed by atoms with E-state index in [1.165, 1.54) is 50.5 Å². The van der Waals surface area contributed by atoms with E-state index < -0.39 is 0 Å². The molecule has 180 valence electrons. The molecular formula is C31H42F2. The van der Waals surface area contributed by atoms with Gasteiger partial charge in [-0.05, 0) is 111 Å². The van der Waals surface area contributed by atoms with Crippen LogP contribution in [0.15, 0.2) is 42.5 Å². The van der Waals surface area contributed by atoms with E-state index in [0.717, 1.165) is 49.1 Å². The summed E-state index contributed by atoms with van der Waals surface area (Å²) in [6.07, 6.45) is 15.6. The zero-order valence-corrected chi connectivity index (χ0v) is 20.5. The number of unbranched alkanes of at least 4 members (excludes halogenated alkanes) is 1. The van der Waals surface area contributed by atoms with Gasteiger partial charge in [0.2, 0.25) is 0 Å². The Balaban J connectivity index is 1.34. The third kappa shape index (κ3) is 6.46. The van der Waals surface area contributed by atoms with Crippen LogP contribution >= 0.6 is 0 Å². The standard InChI is InChI=1S/C31H42F2/c1-2-3-5-23-7-11-25(12-8-23)26-15-17-28(18-16-26)30-20-19-29(22-31(30)33)27-13-9-24(10-14-27)6-4-21-32/h15-20,22-25,27H,2-14,21H2,1H3/t23-,24-,25-,27-. The van der Waals surface area contributed by atoms with Gasteiger partial charge in [0.1, 0.15) is 5.82 Å². The lowest BCUT2D eigenvalue weighted by Gasteiger charge is -2.29. The van der Waals surface area contributed by atoms with Crippen molar-refractivity contribution in [2.75, 3.05) is 6.67 Å².